The molecule has 4 rings (SSSR count). The summed E-state index contributed by atoms with van der Waals surface area (Å²) in [6.07, 6.45) is 7.85. The quantitative estimate of drug-likeness (QED) is 0.809. The van der Waals surface area contributed by atoms with E-state index in [1.54, 1.807) is 6.26 Å². The first kappa shape index (κ1) is 16.4. The number of likely N-dealkylation sites (tertiary alicyclic amines) is 1. The van der Waals surface area contributed by atoms with Gasteiger partial charge in [-0.1, -0.05) is 0 Å². The molecule has 1 aliphatic carbocycles. The molecule has 0 bridgehead atoms. The Morgan fingerprint density at radius 3 is 2.92 bits per heavy atom. The van der Waals surface area contributed by atoms with Crippen LogP contribution in [0, 0.1) is 5.92 Å². The fraction of sp³-hybridized carbons (Fsp3) is 0.579. The second kappa shape index (κ2) is 6.67. The van der Waals surface area contributed by atoms with Crippen LogP contribution in [0.3, 0.4) is 0 Å². The number of carbonyl (C=O) groups excluding carboxylic acids is 1. The molecule has 0 unspecified atom stereocenters. The van der Waals surface area contributed by atoms with Crippen LogP contribution in [0.2, 0.25) is 0 Å². The predicted octanol–water partition coefficient (Wildman–Crippen LogP) is 2.78. The van der Waals surface area contributed by atoms with E-state index in [4.69, 9.17) is 9.15 Å². The largest absolute Gasteiger partial charge is 0.468 e. The maximum Gasteiger partial charge on any atom is 0.257 e. The highest BCUT2D eigenvalue weighted by molar-refractivity contribution is 5.95. The summed E-state index contributed by atoms with van der Waals surface area (Å²) in [4.78, 5) is 15.0. The monoisotopic (exact) mass is 343 g/mol. The first-order chi connectivity index (χ1) is 12.2. The van der Waals surface area contributed by atoms with Crippen molar-refractivity contribution in [1.29, 1.82) is 0 Å². The van der Waals surface area contributed by atoms with Crippen molar-refractivity contribution in [2.45, 2.75) is 31.6 Å². The standard InChI is InChI=1S/C19H25N3O3/c1-3-24-12-15-10-22(11-17(15)14-8-20-21(2)9-14)19(23)16-6-7-25-18(16)13-4-5-13/h6-9,13,15,17H,3-5,10-12H2,1-2H3/t15-,17-/m0/s1. The van der Waals surface area contributed by atoms with Gasteiger partial charge < -0.3 is 14.1 Å². The van der Waals surface area contributed by atoms with E-state index in [1.807, 2.05) is 42.0 Å². The fourth-order valence-corrected chi connectivity index (χ4v) is 3.81. The van der Waals surface area contributed by atoms with Crippen LogP contribution in [0.4, 0.5) is 0 Å². The Morgan fingerprint density at radius 1 is 1.40 bits per heavy atom. The molecule has 134 valence electrons. The lowest BCUT2D eigenvalue weighted by Gasteiger charge is -2.16. The van der Waals surface area contributed by atoms with E-state index in [0.717, 1.165) is 24.2 Å². The second-order valence-electron chi connectivity index (χ2n) is 7.16. The number of hydrogen-bond donors (Lipinski definition) is 0. The highest BCUT2D eigenvalue weighted by Gasteiger charge is 2.39. The number of aryl methyl sites for hydroxylation is 1. The van der Waals surface area contributed by atoms with Crippen molar-refractivity contribution < 1.29 is 13.9 Å². The highest BCUT2D eigenvalue weighted by Crippen LogP contribution is 2.43. The zero-order chi connectivity index (χ0) is 17.4. The molecule has 0 spiro atoms. The number of ether oxygens (including phenoxy) is 1. The molecule has 6 heteroatoms. The summed E-state index contributed by atoms with van der Waals surface area (Å²) in [6, 6.07) is 1.82. The Hall–Kier alpha value is -2.08. The summed E-state index contributed by atoms with van der Waals surface area (Å²) >= 11 is 0. The van der Waals surface area contributed by atoms with Crippen LogP contribution in [0.1, 0.15) is 53.3 Å². The van der Waals surface area contributed by atoms with Crippen molar-refractivity contribution in [3.8, 4) is 0 Å². The zero-order valence-corrected chi connectivity index (χ0v) is 14.9. The summed E-state index contributed by atoms with van der Waals surface area (Å²) in [5.74, 6) is 1.95. The van der Waals surface area contributed by atoms with E-state index in [9.17, 15) is 4.79 Å². The van der Waals surface area contributed by atoms with E-state index in [2.05, 4.69) is 5.10 Å². The Morgan fingerprint density at radius 2 is 2.24 bits per heavy atom. The average molecular weight is 343 g/mol. The smallest absolute Gasteiger partial charge is 0.257 e. The van der Waals surface area contributed by atoms with Crippen molar-refractivity contribution in [2.24, 2.45) is 13.0 Å². The van der Waals surface area contributed by atoms with E-state index in [0.29, 0.717) is 38.1 Å². The van der Waals surface area contributed by atoms with Gasteiger partial charge in [0.25, 0.3) is 5.91 Å². The number of carbonyl (C=O) groups is 1. The number of hydrogen-bond acceptors (Lipinski definition) is 4. The van der Waals surface area contributed by atoms with Gasteiger partial charge in [0.1, 0.15) is 5.76 Å². The van der Waals surface area contributed by atoms with Gasteiger partial charge in [-0.25, -0.2) is 0 Å². The minimum Gasteiger partial charge on any atom is -0.468 e. The van der Waals surface area contributed by atoms with Gasteiger partial charge in [0, 0.05) is 50.7 Å². The van der Waals surface area contributed by atoms with Crippen LogP contribution in [0.15, 0.2) is 29.1 Å². The van der Waals surface area contributed by atoms with Crippen LogP contribution in [0.5, 0.6) is 0 Å². The lowest BCUT2D eigenvalue weighted by molar-refractivity contribution is 0.0760. The minimum absolute atomic E-state index is 0.0866. The van der Waals surface area contributed by atoms with Crippen molar-refractivity contribution in [2.75, 3.05) is 26.3 Å². The SMILES string of the molecule is CCOC[C@@H]1CN(C(=O)c2ccoc2C2CC2)C[C@H]1c1cnn(C)c1. The van der Waals surface area contributed by atoms with Crippen LogP contribution < -0.4 is 0 Å². The van der Waals surface area contributed by atoms with Gasteiger partial charge in [0.15, 0.2) is 0 Å². The van der Waals surface area contributed by atoms with Crippen molar-refractivity contribution in [3.63, 3.8) is 0 Å². The number of rotatable bonds is 6. The molecule has 0 aromatic carbocycles. The number of amides is 1. The summed E-state index contributed by atoms with van der Waals surface area (Å²) < 4.78 is 13.1. The first-order valence-electron chi connectivity index (χ1n) is 9.10. The topological polar surface area (TPSA) is 60.5 Å². The summed E-state index contributed by atoms with van der Waals surface area (Å²) in [7, 11) is 1.92. The second-order valence-corrected chi connectivity index (χ2v) is 7.16. The number of aromatic nitrogens is 2. The van der Waals surface area contributed by atoms with Gasteiger partial charge in [-0.15, -0.1) is 0 Å². The summed E-state index contributed by atoms with van der Waals surface area (Å²) in [5.41, 5.74) is 1.92. The molecule has 0 radical (unpaired) electrons. The van der Waals surface area contributed by atoms with Crippen molar-refractivity contribution >= 4 is 5.91 Å². The fourth-order valence-electron chi connectivity index (χ4n) is 3.81. The third-order valence-electron chi connectivity index (χ3n) is 5.29. The molecule has 2 aromatic heterocycles. The van der Waals surface area contributed by atoms with E-state index >= 15 is 0 Å². The Labute approximate surface area is 147 Å². The molecule has 2 aliphatic rings. The third-order valence-corrected chi connectivity index (χ3v) is 5.29. The molecule has 2 atom stereocenters. The maximum atomic E-state index is 13.1. The molecule has 1 amide bonds. The van der Waals surface area contributed by atoms with Crippen LogP contribution in [-0.4, -0.2) is 46.9 Å². The molecule has 2 fully saturated rings. The molecular formula is C19H25N3O3. The van der Waals surface area contributed by atoms with Crippen molar-refractivity contribution in [1.82, 2.24) is 14.7 Å². The zero-order valence-electron chi connectivity index (χ0n) is 14.9. The molecular weight excluding hydrogens is 318 g/mol. The molecule has 1 aliphatic heterocycles. The molecule has 25 heavy (non-hydrogen) atoms. The first-order valence-corrected chi connectivity index (χ1v) is 9.10. The number of nitrogens with zero attached hydrogens (tertiary/aromatic N) is 3. The molecule has 3 heterocycles. The van der Waals surface area contributed by atoms with Gasteiger partial charge in [0.2, 0.25) is 0 Å². The normalized spacial score (nSPS) is 23.4. The Bertz CT molecular complexity index is 747. The molecule has 1 saturated carbocycles. The van der Waals surface area contributed by atoms with Crippen molar-refractivity contribution in [3.05, 3.63) is 41.6 Å². The van der Waals surface area contributed by atoms with Crippen LogP contribution in [0.25, 0.3) is 0 Å². The average Bonchev–Trinajstić information content (AvgIpc) is 3.02. The molecule has 6 nitrogen and oxygen atoms in total. The van der Waals surface area contributed by atoms with Gasteiger partial charge in [-0.2, -0.15) is 5.10 Å². The molecule has 2 aromatic rings. The molecule has 1 saturated heterocycles. The Balaban J connectivity index is 1.54. The lowest BCUT2D eigenvalue weighted by atomic mass is 9.92. The highest BCUT2D eigenvalue weighted by atomic mass is 16.5. The van der Waals surface area contributed by atoms with E-state index < -0.39 is 0 Å². The van der Waals surface area contributed by atoms with Gasteiger partial charge in [-0.05, 0) is 31.4 Å². The molecule has 0 N–H and O–H groups in total. The van der Waals surface area contributed by atoms with Crippen LogP contribution in [-0.2, 0) is 11.8 Å². The third kappa shape index (κ3) is 3.23. The lowest BCUT2D eigenvalue weighted by Crippen LogP contribution is -2.29. The Kier molecular flexibility index (Phi) is 4.37. The van der Waals surface area contributed by atoms with Gasteiger partial charge in [-0.3, -0.25) is 9.48 Å². The summed E-state index contributed by atoms with van der Waals surface area (Å²) in [6.45, 7) is 4.79. The summed E-state index contributed by atoms with van der Waals surface area (Å²) in [5, 5.41) is 4.30. The van der Waals surface area contributed by atoms with E-state index in [1.165, 1.54) is 5.56 Å². The van der Waals surface area contributed by atoms with Gasteiger partial charge in [0.05, 0.1) is 24.6 Å². The van der Waals surface area contributed by atoms with Gasteiger partial charge >= 0.3 is 0 Å². The minimum atomic E-state index is 0.0866. The van der Waals surface area contributed by atoms with Crippen LogP contribution >= 0.6 is 0 Å². The predicted molar refractivity (Wildman–Crippen MR) is 92.5 cm³/mol. The van der Waals surface area contributed by atoms with E-state index in [-0.39, 0.29) is 11.8 Å². The number of furan rings is 1. The maximum absolute atomic E-state index is 13.1.